The zero-order valence-electron chi connectivity index (χ0n) is 17.8. The molecule has 0 bridgehead atoms. The van der Waals surface area contributed by atoms with Crippen LogP contribution in [0.25, 0.3) is 16.5 Å². The lowest BCUT2D eigenvalue weighted by atomic mass is 9.93. The molecule has 0 spiro atoms. The van der Waals surface area contributed by atoms with Gasteiger partial charge >= 0.3 is 0 Å². The van der Waals surface area contributed by atoms with Crippen LogP contribution in [-0.2, 0) is 12.8 Å². The largest absolute Gasteiger partial charge is 0.248 e. The van der Waals surface area contributed by atoms with Crippen LogP contribution in [0.2, 0.25) is 0 Å². The maximum absolute atomic E-state index is 5.04. The molecule has 4 rings (SSSR count). The maximum Gasteiger partial charge on any atom is 0.0726 e. The van der Waals surface area contributed by atoms with Crippen LogP contribution in [-0.4, -0.2) is 4.98 Å². The first-order valence-corrected chi connectivity index (χ1v) is 10.9. The number of benzene rings is 3. The van der Waals surface area contributed by atoms with Crippen LogP contribution in [0.1, 0.15) is 47.4 Å². The van der Waals surface area contributed by atoms with Gasteiger partial charge in [-0.05, 0) is 71.5 Å². The van der Waals surface area contributed by atoms with E-state index >= 15 is 0 Å². The summed E-state index contributed by atoms with van der Waals surface area (Å²) in [7, 11) is 0. The smallest absolute Gasteiger partial charge is 0.0726 e. The number of pyridine rings is 1. The van der Waals surface area contributed by atoms with Gasteiger partial charge in [0.2, 0.25) is 0 Å². The van der Waals surface area contributed by atoms with Gasteiger partial charge in [0.05, 0.1) is 11.2 Å². The summed E-state index contributed by atoms with van der Waals surface area (Å²) >= 11 is 4.75. The molecule has 0 fully saturated rings. The molecule has 0 amide bonds. The Hall–Kier alpha value is -2.84. The van der Waals surface area contributed by atoms with Crippen molar-refractivity contribution in [2.24, 2.45) is 0 Å². The molecule has 4 aromatic rings. The molecule has 0 unspecified atom stereocenters. The molecular weight excluding hydrogens is 382 g/mol. The molecule has 0 saturated carbocycles. The second-order valence-corrected chi connectivity index (χ2v) is 8.48. The highest BCUT2D eigenvalue weighted by Gasteiger charge is 2.15. The third kappa shape index (κ3) is 4.20. The maximum atomic E-state index is 5.04. The molecule has 1 nitrogen and oxygen atoms in total. The van der Waals surface area contributed by atoms with E-state index in [2.05, 4.69) is 92.7 Å². The van der Waals surface area contributed by atoms with E-state index in [4.69, 9.17) is 17.6 Å². The van der Waals surface area contributed by atoms with E-state index in [0.717, 1.165) is 34.5 Å². The molecule has 0 radical (unpaired) electrons. The number of nitrogens with zero attached hydrogens (tertiary/aromatic N) is 1. The van der Waals surface area contributed by atoms with Crippen LogP contribution in [0.5, 0.6) is 0 Å². The molecule has 1 aromatic heterocycles. The van der Waals surface area contributed by atoms with E-state index in [9.17, 15) is 0 Å². The van der Waals surface area contributed by atoms with Crippen molar-refractivity contribution in [3.05, 3.63) is 117 Å². The second-order valence-electron chi connectivity index (χ2n) is 7.81. The minimum absolute atomic E-state index is 0.882. The fourth-order valence-corrected chi connectivity index (χ4v) is 4.24. The van der Waals surface area contributed by atoms with Gasteiger partial charge in [0.15, 0.2) is 0 Å². The summed E-state index contributed by atoms with van der Waals surface area (Å²) in [5, 5.41) is 1.21. The van der Waals surface area contributed by atoms with Crippen LogP contribution in [0.4, 0.5) is 0 Å². The van der Waals surface area contributed by atoms with Crippen molar-refractivity contribution in [2.75, 3.05) is 0 Å². The van der Waals surface area contributed by atoms with Crippen LogP contribution in [0.15, 0.2) is 83.8 Å². The van der Waals surface area contributed by atoms with Gasteiger partial charge in [-0.3, -0.25) is 0 Å². The highest BCUT2D eigenvalue weighted by Crippen LogP contribution is 2.32. The van der Waals surface area contributed by atoms with Gasteiger partial charge in [-0.15, -0.1) is 12.6 Å². The summed E-state index contributed by atoms with van der Waals surface area (Å²) < 4.78 is 0. The molecule has 150 valence electrons. The summed E-state index contributed by atoms with van der Waals surface area (Å²) in [6.45, 7) is 6.38. The molecular formula is C28H27NS. The zero-order valence-corrected chi connectivity index (χ0v) is 18.7. The van der Waals surface area contributed by atoms with Crippen LogP contribution in [0, 0.1) is 6.92 Å². The Morgan fingerprint density at radius 1 is 0.867 bits per heavy atom. The molecule has 3 aromatic carbocycles. The van der Waals surface area contributed by atoms with Crippen LogP contribution in [0.3, 0.4) is 0 Å². The average Bonchev–Trinajstić information content (AvgIpc) is 2.76. The Morgan fingerprint density at radius 3 is 2.23 bits per heavy atom. The monoisotopic (exact) mass is 409 g/mol. The second kappa shape index (κ2) is 8.89. The van der Waals surface area contributed by atoms with Gasteiger partial charge in [0.1, 0.15) is 0 Å². The predicted molar refractivity (Wildman–Crippen MR) is 132 cm³/mol. The molecule has 0 N–H and O–H groups in total. The van der Waals surface area contributed by atoms with Crippen molar-refractivity contribution < 1.29 is 0 Å². The standard InChI is InChI=1S/C28H27NS/c1-4-21-13-15-22(16-14-21)17-23-18-27(29-26-12-8-7-11-25(23)26)28(20(3)30)24-10-6-5-9-19(24)2/h5-16,18,30H,4,17H2,1-3H3/b28-20-. The number of hydrogen-bond donors (Lipinski definition) is 1. The quantitative estimate of drug-likeness (QED) is 0.339. The van der Waals surface area contributed by atoms with Crippen molar-refractivity contribution >= 4 is 29.1 Å². The van der Waals surface area contributed by atoms with Crippen molar-refractivity contribution in [2.45, 2.75) is 33.6 Å². The predicted octanol–water partition coefficient (Wildman–Crippen LogP) is 7.41. The molecule has 0 saturated heterocycles. The topological polar surface area (TPSA) is 12.9 Å². The number of aryl methyl sites for hydroxylation is 2. The Bertz CT molecular complexity index is 1220. The van der Waals surface area contributed by atoms with E-state index in [1.807, 2.05) is 6.92 Å². The third-order valence-corrected chi connectivity index (χ3v) is 5.88. The van der Waals surface area contributed by atoms with Crippen molar-refractivity contribution in [3.8, 4) is 0 Å². The SMILES string of the molecule is CCc1ccc(Cc2cc(/C(=C(/C)S)c3ccccc3C)nc3ccccc23)cc1. The summed E-state index contributed by atoms with van der Waals surface area (Å²) in [5.41, 5.74) is 9.50. The minimum atomic E-state index is 0.882. The third-order valence-electron chi connectivity index (χ3n) is 5.66. The highest BCUT2D eigenvalue weighted by molar-refractivity contribution is 7.84. The molecule has 0 aliphatic carbocycles. The molecule has 2 heteroatoms. The van der Waals surface area contributed by atoms with E-state index in [-0.39, 0.29) is 0 Å². The lowest BCUT2D eigenvalue weighted by molar-refractivity contribution is 1.12. The lowest BCUT2D eigenvalue weighted by Crippen LogP contribution is -2.00. The van der Waals surface area contributed by atoms with Gasteiger partial charge in [-0.25, -0.2) is 4.98 Å². The highest BCUT2D eigenvalue weighted by atomic mass is 32.1. The van der Waals surface area contributed by atoms with Gasteiger partial charge < -0.3 is 0 Å². The molecule has 30 heavy (non-hydrogen) atoms. The Morgan fingerprint density at radius 2 is 1.53 bits per heavy atom. The number of fused-ring (bicyclic) bond motifs is 1. The number of rotatable bonds is 5. The fourth-order valence-electron chi connectivity index (χ4n) is 4.01. The average molecular weight is 410 g/mol. The van der Waals surface area contributed by atoms with E-state index < -0.39 is 0 Å². The van der Waals surface area contributed by atoms with Crippen molar-refractivity contribution in [1.29, 1.82) is 0 Å². The van der Waals surface area contributed by atoms with Gasteiger partial charge in [0.25, 0.3) is 0 Å². The number of hydrogen-bond acceptors (Lipinski definition) is 2. The molecule has 0 atom stereocenters. The Balaban J connectivity index is 1.87. The lowest BCUT2D eigenvalue weighted by Gasteiger charge is -2.16. The first-order chi connectivity index (χ1) is 14.6. The number of para-hydroxylation sites is 1. The first-order valence-electron chi connectivity index (χ1n) is 10.5. The number of allylic oxidation sites excluding steroid dienone is 1. The summed E-state index contributed by atoms with van der Waals surface area (Å²) in [5.74, 6) is 0. The zero-order chi connectivity index (χ0) is 21.1. The van der Waals surface area contributed by atoms with Gasteiger partial charge in [-0.1, -0.05) is 73.7 Å². The summed E-state index contributed by atoms with van der Waals surface area (Å²) in [6, 6.07) is 28.1. The van der Waals surface area contributed by atoms with E-state index in [0.29, 0.717) is 0 Å². The molecule has 0 aliphatic heterocycles. The van der Waals surface area contributed by atoms with E-state index in [1.54, 1.807) is 0 Å². The van der Waals surface area contributed by atoms with Gasteiger partial charge in [0, 0.05) is 11.0 Å². The molecule has 1 heterocycles. The Labute approximate surface area is 184 Å². The molecule has 0 aliphatic rings. The van der Waals surface area contributed by atoms with Crippen LogP contribution < -0.4 is 0 Å². The first kappa shape index (κ1) is 20.4. The normalized spacial score (nSPS) is 12.1. The Kier molecular flexibility index (Phi) is 6.06. The van der Waals surface area contributed by atoms with Crippen molar-refractivity contribution in [1.82, 2.24) is 4.98 Å². The number of aromatic nitrogens is 1. The number of thiol groups is 1. The van der Waals surface area contributed by atoms with E-state index in [1.165, 1.54) is 33.2 Å². The minimum Gasteiger partial charge on any atom is -0.248 e. The van der Waals surface area contributed by atoms with Crippen molar-refractivity contribution in [3.63, 3.8) is 0 Å². The summed E-state index contributed by atoms with van der Waals surface area (Å²) in [4.78, 5) is 6.01. The van der Waals surface area contributed by atoms with Gasteiger partial charge in [-0.2, -0.15) is 0 Å². The fraction of sp³-hybridized carbons (Fsp3) is 0.179. The summed E-state index contributed by atoms with van der Waals surface area (Å²) in [6.07, 6.45) is 1.95. The van der Waals surface area contributed by atoms with Crippen LogP contribution >= 0.6 is 12.6 Å².